The summed E-state index contributed by atoms with van der Waals surface area (Å²) < 4.78 is 11.1. The third kappa shape index (κ3) is 2.36. The van der Waals surface area contributed by atoms with Crippen molar-refractivity contribution in [3.63, 3.8) is 0 Å². The van der Waals surface area contributed by atoms with Crippen LogP contribution in [-0.2, 0) is 9.47 Å². The molecule has 1 aliphatic heterocycles. The summed E-state index contributed by atoms with van der Waals surface area (Å²) in [5.41, 5.74) is 0. The van der Waals surface area contributed by atoms with Gasteiger partial charge in [0.05, 0.1) is 16.6 Å². The molecule has 1 aliphatic rings. The van der Waals surface area contributed by atoms with Crippen LogP contribution in [0.25, 0.3) is 0 Å². The lowest BCUT2D eigenvalue weighted by Crippen LogP contribution is -2.45. The van der Waals surface area contributed by atoms with Gasteiger partial charge in [0.2, 0.25) is 0 Å². The predicted octanol–water partition coefficient (Wildman–Crippen LogP) is 1.96. The molecule has 1 fully saturated rings. The number of halogens is 1. The Morgan fingerprint density at radius 2 is 1.50 bits per heavy atom. The number of rotatable bonds is 0. The lowest BCUT2D eigenvalue weighted by atomic mass is 10.2. The van der Waals surface area contributed by atoms with Crippen molar-refractivity contribution in [1.29, 1.82) is 0 Å². The third-order valence-corrected chi connectivity index (χ3v) is 2.06. The van der Waals surface area contributed by atoms with Gasteiger partial charge in [-0.15, -0.1) is 0 Å². The van der Waals surface area contributed by atoms with E-state index < -0.39 is 0 Å². The van der Waals surface area contributed by atoms with E-state index >= 15 is 0 Å². The molecule has 0 amide bonds. The second-order valence-corrected chi connectivity index (χ2v) is 5.99. The first-order valence-electron chi connectivity index (χ1n) is 3.38. The quantitative estimate of drug-likeness (QED) is 0.487. The third-order valence-electron chi connectivity index (χ3n) is 1.44. The summed E-state index contributed by atoms with van der Waals surface area (Å²) in [4.78, 5) is 0. The molecule has 0 N–H and O–H groups in total. The summed E-state index contributed by atoms with van der Waals surface area (Å²) >= 11 is 2.36. The van der Waals surface area contributed by atoms with Gasteiger partial charge in [0, 0.05) is 0 Å². The second kappa shape index (κ2) is 2.60. The van der Waals surface area contributed by atoms with Gasteiger partial charge >= 0.3 is 0 Å². The van der Waals surface area contributed by atoms with E-state index in [1.165, 1.54) is 0 Å². The fraction of sp³-hybridized carbons (Fsp3) is 1.00. The molecule has 1 saturated heterocycles. The zero-order chi connectivity index (χ0) is 7.83. The van der Waals surface area contributed by atoms with Crippen LogP contribution in [0.15, 0.2) is 0 Å². The maximum atomic E-state index is 5.45. The van der Waals surface area contributed by atoms with Gasteiger partial charge in [-0.05, 0) is 20.8 Å². The molecular weight excluding hydrogens is 243 g/mol. The second-order valence-electron chi connectivity index (χ2n) is 3.39. The molecule has 0 bridgehead atoms. The van der Waals surface area contributed by atoms with Crippen molar-refractivity contribution in [2.75, 3.05) is 13.2 Å². The molecule has 10 heavy (non-hydrogen) atoms. The van der Waals surface area contributed by atoms with Gasteiger partial charge in [0.15, 0.2) is 5.79 Å². The molecule has 0 aromatic heterocycles. The molecule has 0 aromatic carbocycles. The Hall–Kier alpha value is 0.650. The number of alkyl halides is 1. The topological polar surface area (TPSA) is 18.5 Å². The van der Waals surface area contributed by atoms with Gasteiger partial charge in [0.25, 0.3) is 0 Å². The van der Waals surface area contributed by atoms with Crippen molar-refractivity contribution in [3.8, 4) is 0 Å². The molecule has 0 saturated carbocycles. The average molecular weight is 256 g/mol. The molecule has 0 aliphatic carbocycles. The zero-order valence-electron chi connectivity index (χ0n) is 6.61. The minimum Gasteiger partial charge on any atom is -0.349 e. The number of hydrogen-bond acceptors (Lipinski definition) is 2. The Bertz CT molecular complexity index is 104. The minimum atomic E-state index is -0.370. The Balaban J connectivity index is 2.46. The van der Waals surface area contributed by atoms with Crippen LogP contribution in [-0.4, -0.2) is 22.4 Å². The lowest BCUT2D eigenvalue weighted by Gasteiger charge is -2.38. The van der Waals surface area contributed by atoms with E-state index in [2.05, 4.69) is 29.5 Å². The summed E-state index contributed by atoms with van der Waals surface area (Å²) in [6, 6.07) is 0. The molecule has 0 aromatic rings. The van der Waals surface area contributed by atoms with E-state index in [1.54, 1.807) is 0 Å². The largest absolute Gasteiger partial charge is 0.349 e. The number of ether oxygens (including phenoxy) is 2. The van der Waals surface area contributed by atoms with Gasteiger partial charge in [-0.1, -0.05) is 22.6 Å². The van der Waals surface area contributed by atoms with Gasteiger partial charge in [-0.2, -0.15) is 0 Å². The highest BCUT2D eigenvalue weighted by molar-refractivity contribution is 14.1. The molecule has 0 unspecified atom stereocenters. The van der Waals surface area contributed by atoms with Crippen molar-refractivity contribution < 1.29 is 9.47 Å². The van der Waals surface area contributed by atoms with Crippen molar-refractivity contribution >= 4 is 22.6 Å². The van der Waals surface area contributed by atoms with Crippen LogP contribution in [0, 0.1) is 0 Å². The summed E-state index contributed by atoms with van der Waals surface area (Å²) in [5.74, 6) is -0.370. The van der Waals surface area contributed by atoms with Crippen LogP contribution >= 0.6 is 22.6 Å². The fourth-order valence-corrected chi connectivity index (χ4v) is 1.04. The molecule has 0 atom stereocenters. The van der Waals surface area contributed by atoms with E-state index in [1.807, 2.05) is 13.8 Å². The smallest absolute Gasteiger partial charge is 0.162 e. The Morgan fingerprint density at radius 3 is 1.80 bits per heavy atom. The maximum Gasteiger partial charge on any atom is 0.162 e. The van der Waals surface area contributed by atoms with Crippen molar-refractivity contribution in [2.45, 2.75) is 30.0 Å². The van der Waals surface area contributed by atoms with Crippen molar-refractivity contribution in [3.05, 3.63) is 0 Å². The van der Waals surface area contributed by atoms with E-state index in [4.69, 9.17) is 9.47 Å². The van der Waals surface area contributed by atoms with Gasteiger partial charge in [0.1, 0.15) is 0 Å². The van der Waals surface area contributed by atoms with Gasteiger partial charge in [-0.3, -0.25) is 0 Å². The summed E-state index contributed by atoms with van der Waals surface area (Å²) in [5, 5.41) is 0. The first-order chi connectivity index (χ1) is 4.41. The van der Waals surface area contributed by atoms with E-state index in [-0.39, 0.29) is 9.21 Å². The van der Waals surface area contributed by atoms with E-state index in [0.29, 0.717) is 0 Å². The fourth-order valence-electron chi connectivity index (χ4n) is 0.732. The number of hydrogen-bond donors (Lipinski definition) is 0. The molecule has 0 spiro atoms. The normalized spacial score (nSPS) is 30.0. The molecule has 1 heterocycles. The first kappa shape index (κ1) is 8.74. The van der Waals surface area contributed by atoms with Crippen LogP contribution in [0.1, 0.15) is 20.8 Å². The molecule has 2 nitrogen and oxygen atoms in total. The summed E-state index contributed by atoms with van der Waals surface area (Å²) in [6.45, 7) is 7.57. The highest BCUT2D eigenvalue weighted by Gasteiger charge is 2.34. The SMILES string of the molecule is CC1(I)COC(C)(C)OC1. The van der Waals surface area contributed by atoms with Crippen LogP contribution in [0.4, 0.5) is 0 Å². The molecule has 60 valence electrons. The van der Waals surface area contributed by atoms with E-state index in [0.717, 1.165) is 13.2 Å². The highest BCUT2D eigenvalue weighted by atomic mass is 127. The van der Waals surface area contributed by atoms with Crippen molar-refractivity contribution in [2.24, 2.45) is 0 Å². The Kier molecular flexibility index (Phi) is 2.28. The summed E-state index contributed by atoms with van der Waals surface area (Å²) in [6.07, 6.45) is 0. The van der Waals surface area contributed by atoms with Gasteiger partial charge < -0.3 is 9.47 Å². The monoisotopic (exact) mass is 256 g/mol. The minimum absolute atomic E-state index is 0.160. The highest BCUT2D eigenvalue weighted by Crippen LogP contribution is 2.29. The Morgan fingerprint density at radius 1 is 1.10 bits per heavy atom. The maximum absolute atomic E-state index is 5.45. The standard InChI is InChI=1S/C7H13IO2/c1-6(2)9-4-7(3,8)5-10-6/h4-5H2,1-3H3. The Labute approximate surface area is 75.4 Å². The van der Waals surface area contributed by atoms with Crippen LogP contribution in [0.2, 0.25) is 0 Å². The molecule has 3 heteroatoms. The summed E-state index contributed by atoms with van der Waals surface area (Å²) in [7, 11) is 0. The van der Waals surface area contributed by atoms with Crippen molar-refractivity contribution in [1.82, 2.24) is 0 Å². The molecule has 0 radical (unpaired) electrons. The first-order valence-corrected chi connectivity index (χ1v) is 4.46. The van der Waals surface area contributed by atoms with Gasteiger partial charge in [-0.25, -0.2) is 0 Å². The molecule has 1 rings (SSSR count). The van der Waals surface area contributed by atoms with Crippen LogP contribution < -0.4 is 0 Å². The van der Waals surface area contributed by atoms with E-state index in [9.17, 15) is 0 Å². The predicted molar refractivity (Wildman–Crippen MR) is 48.4 cm³/mol. The van der Waals surface area contributed by atoms with Crippen LogP contribution in [0.5, 0.6) is 0 Å². The molecular formula is C7H13IO2. The lowest BCUT2D eigenvalue weighted by molar-refractivity contribution is -0.250. The zero-order valence-corrected chi connectivity index (χ0v) is 8.77. The van der Waals surface area contributed by atoms with Crippen LogP contribution in [0.3, 0.4) is 0 Å². The average Bonchev–Trinajstić information content (AvgIpc) is 1.79.